The highest BCUT2D eigenvalue weighted by atomic mass is 16.4. The first kappa shape index (κ1) is 15.9. The first-order valence-electron chi connectivity index (χ1n) is 7.94. The minimum absolute atomic E-state index is 0.0306. The van der Waals surface area contributed by atoms with Gasteiger partial charge in [0, 0.05) is 11.5 Å². The number of carbonyl (C=O) groups excluding carboxylic acids is 1. The number of benzene rings is 2. The zero-order valence-electron chi connectivity index (χ0n) is 13.5. The van der Waals surface area contributed by atoms with Crippen molar-refractivity contribution in [2.45, 2.75) is 19.3 Å². The number of hydrogen-bond acceptors (Lipinski definition) is 3. The number of carbonyl (C=O) groups is 1. The molecule has 0 aromatic heterocycles. The Morgan fingerprint density at radius 3 is 2.33 bits per heavy atom. The van der Waals surface area contributed by atoms with Crippen LogP contribution in [0.2, 0.25) is 0 Å². The molecule has 0 heterocycles. The molecule has 0 radical (unpaired) electrons. The van der Waals surface area contributed by atoms with Crippen molar-refractivity contribution >= 4 is 17.6 Å². The van der Waals surface area contributed by atoms with Crippen LogP contribution < -0.4 is 0 Å². The summed E-state index contributed by atoms with van der Waals surface area (Å²) in [4.78, 5) is 12.7. The maximum atomic E-state index is 12.7. The summed E-state index contributed by atoms with van der Waals surface area (Å²) in [6.45, 7) is 1.72. The number of allylic oxidation sites excluding steroid dienone is 3. The summed E-state index contributed by atoms with van der Waals surface area (Å²) in [5, 5.41) is 12.3. The third-order valence-electron chi connectivity index (χ3n) is 4.33. The van der Waals surface area contributed by atoms with Crippen molar-refractivity contribution in [3.8, 4) is 0 Å². The van der Waals surface area contributed by atoms with Crippen LogP contribution >= 0.6 is 0 Å². The summed E-state index contributed by atoms with van der Waals surface area (Å²) >= 11 is 0. The molecule has 24 heavy (non-hydrogen) atoms. The highest BCUT2D eigenvalue weighted by molar-refractivity contribution is 6.14. The van der Waals surface area contributed by atoms with Crippen molar-refractivity contribution in [1.82, 2.24) is 0 Å². The van der Waals surface area contributed by atoms with E-state index in [0.717, 1.165) is 22.3 Å². The van der Waals surface area contributed by atoms with Crippen LogP contribution in [0.5, 0.6) is 0 Å². The van der Waals surface area contributed by atoms with Crippen molar-refractivity contribution in [2.75, 3.05) is 0 Å². The first-order valence-corrected chi connectivity index (χ1v) is 7.94. The molecule has 0 bridgehead atoms. The van der Waals surface area contributed by atoms with Crippen molar-refractivity contribution < 1.29 is 10.0 Å². The first-order chi connectivity index (χ1) is 11.7. The molecule has 120 valence electrons. The molecule has 1 aliphatic carbocycles. The van der Waals surface area contributed by atoms with Gasteiger partial charge in [0.1, 0.15) is 0 Å². The van der Waals surface area contributed by atoms with Crippen LogP contribution in [-0.4, -0.2) is 16.7 Å². The molecule has 1 N–H and O–H groups in total. The summed E-state index contributed by atoms with van der Waals surface area (Å²) in [5.74, 6) is -0.0763. The van der Waals surface area contributed by atoms with Crippen LogP contribution in [0, 0.1) is 0 Å². The SMILES string of the molecule is C/C(=N/O)C1=CC(=O)/C(=C\c2ccccc2)C(c2ccccc2)C1. The fourth-order valence-corrected chi connectivity index (χ4v) is 3.00. The van der Waals surface area contributed by atoms with Crippen LogP contribution in [0.1, 0.15) is 30.4 Å². The van der Waals surface area contributed by atoms with Gasteiger partial charge in [-0.05, 0) is 42.2 Å². The van der Waals surface area contributed by atoms with Gasteiger partial charge in [0.25, 0.3) is 0 Å². The molecule has 1 aliphatic rings. The van der Waals surface area contributed by atoms with E-state index >= 15 is 0 Å². The lowest BCUT2D eigenvalue weighted by atomic mass is 9.77. The largest absolute Gasteiger partial charge is 0.411 e. The molecular weight excluding hydrogens is 298 g/mol. The van der Waals surface area contributed by atoms with Crippen molar-refractivity contribution in [3.05, 3.63) is 89.0 Å². The van der Waals surface area contributed by atoms with E-state index in [9.17, 15) is 4.79 Å². The quantitative estimate of drug-likeness (QED) is 0.389. The molecule has 3 nitrogen and oxygen atoms in total. The van der Waals surface area contributed by atoms with Crippen LogP contribution in [0.25, 0.3) is 6.08 Å². The third-order valence-corrected chi connectivity index (χ3v) is 4.33. The molecule has 0 aliphatic heterocycles. The fraction of sp³-hybridized carbons (Fsp3) is 0.143. The second-order valence-corrected chi connectivity index (χ2v) is 5.90. The van der Waals surface area contributed by atoms with Gasteiger partial charge < -0.3 is 5.21 Å². The Bertz CT molecular complexity index is 817. The minimum atomic E-state index is -0.0457. The maximum absolute atomic E-state index is 12.7. The lowest BCUT2D eigenvalue weighted by molar-refractivity contribution is -0.111. The molecule has 0 amide bonds. The second kappa shape index (κ2) is 7.09. The van der Waals surface area contributed by atoms with Gasteiger partial charge in [-0.2, -0.15) is 0 Å². The predicted molar refractivity (Wildman–Crippen MR) is 96.2 cm³/mol. The Hall–Kier alpha value is -2.94. The van der Waals surface area contributed by atoms with Crippen molar-refractivity contribution in [1.29, 1.82) is 0 Å². The Labute approximate surface area is 141 Å². The molecule has 3 heteroatoms. The zero-order valence-corrected chi connectivity index (χ0v) is 13.5. The van der Waals surface area contributed by atoms with Gasteiger partial charge >= 0.3 is 0 Å². The third kappa shape index (κ3) is 3.35. The highest BCUT2D eigenvalue weighted by Gasteiger charge is 2.28. The average molecular weight is 317 g/mol. The van der Waals surface area contributed by atoms with Gasteiger partial charge in [0.2, 0.25) is 0 Å². The van der Waals surface area contributed by atoms with Gasteiger partial charge in [0.15, 0.2) is 5.78 Å². The number of oxime groups is 1. The molecular formula is C21H19NO2. The van der Waals surface area contributed by atoms with Gasteiger partial charge in [-0.25, -0.2) is 0 Å². The smallest absolute Gasteiger partial charge is 0.182 e. The molecule has 0 spiro atoms. The summed E-state index contributed by atoms with van der Waals surface area (Å²) in [6.07, 6.45) is 4.19. The second-order valence-electron chi connectivity index (χ2n) is 5.90. The number of nitrogens with zero attached hydrogens (tertiary/aromatic N) is 1. The standard InChI is InChI=1S/C21H19NO2/c1-15(22-24)18-13-19(17-10-6-3-7-11-17)20(21(23)14-18)12-16-8-4-2-5-9-16/h2-12,14,19,24H,13H2,1H3/b20-12-,22-15-. The zero-order chi connectivity index (χ0) is 16.9. The van der Waals surface area contributed by atoms with E-state index in [0.29, 0.717) is 12.1 Å². The van der Waals surface area contributed by atoms with Crippen molar-refractivity contribution in [2.24, 2.45) is 5.16 Å². The molecule has 2 aromatic rings. The maximum Gasteiger partial charge on any atom is 0.182 e. The monoisotopic (exact) mass is 317 g/mol. The molecule has 0 saturated carbocycles. The highest BCUT2D eigenvalue weighted by Crippen LogP contribution is 2.37. The van der Waals surface area contributed by atoms with Gasteiger partial charge in [0.05, 0.1) is 5.71 Å². The van der Waals surface area contributed by atoms with E-state index in [4.69, 9.17) is 5.21 Å². The van der Waals surface area contributed by atoms with Crippen LogP contribution in [0.15, 0.2) is 83.0 Å². The lowest BCUT2D eigenvalue weighted by Crippen LogP contribution is -2.19. The normalized spacial score (nSPS) is 20.1. The van der Waals surface area contributed by atoms with E-state index in [1.165, 1.54) is 0 Å². The Kier molecular flexibility index (Phi) is 4.71. The molecule has 2 aromatic carbocycles. The number of ketones is 1. The molecule has 0 saturated heterocycles. The van der Waals surface area contributed by atoms with Crippen LogP contribution in [0.3, 0.4) is 0 Å². The van der Waals surface area contributed by atoms with Gasteiger partial charge in [-0.15, -0.1) is 0 Å². The molecule has 1 unspecified atom stereocenters. The van der Waals surface area contributed by atoms with Gasteiger partial charge in [-0.1, -0.05) is 65.8 Å². The van der Waals surface area contributed by atoms with Crippen LogP contribution in [-0.2, 0) is 4.79 Å². The predicted octanol–water partition coefficient (Wildman–Crippen LogP) is 4.60. The van der Waals surface area contributed by atoms with E-state index < -0.39 is 0 Å². The minimum Gasteiger partial charge on any atom is -0.411 e. The summed E-state index contributed by atoms with van der Waals surface area (Å²) in [7, 11) is 0. The summed E-state index contributed by atoms with van der Waals surface area (Å²) in [5.41, 5.74) is 4.13. The van der Waals surface area contributed by atoms with Crippen molar-refractivity contribution in [3.63, 3.8) is 0 Å². The Morgan fingerprint density at radius 2 is 1.71 bits per heavy atom. The molecule has 0 fully saturated rings. The molecule has 3 rings (SSSR count). The number of hydrogen-bond donors (Lipinski definition) is 1. The Morgan fingerprint density at radius 1 is 1.08 bits per heavy atom. The van der Waals surface area contributed by atoms with Crippen LogP contribution in [0.4, 0.5) is 0 Å². The van der Waals surface area contributed by atoms with Gasteiger partial charge in [-0.3, -0.25) is 4.79 Å². The molecule has 1 atom stereocenters. The topological polar surface area (TPSA) is 49.7 Å². The summed E-state index contributed by atoms with van der Waals surface area (Å²) in [6, 6.07) is 19.8. The fourth-order valence-electron chi connectivity index (χ4n) is 3.00. The summed E-state index contributed by atoms with van der Waals surface area (Å²) < 4.78 is 0. The number of rotatable bonds is 3. The van der Waals surface area contributed by atoms with E-state index in [2.05, 4.69) is 5.16 Å². The lowest BCUT2D eigenvalue weighted by Gasteiger charge is -2.25. The van der Waals surface area contributed by atoms with E-state index in [-0.39, 0.29) is 11.7 Å². The van der Waals surface area contributed by atoms with E-state index in [1.54, 1.807) is 13.0 Å². The Balaban J connectivity index is 2.08. The van der Waals surface area contributed by atoms with E-state index in [1.807, 2.05) is 66.7 Å². The average Bonchev–Trinajstić information content (AvgIpc) is 2.64.